The highest BCUT2D eigenvalue weighted by atomic mass is 32.2. The van der Waals surface area contributed by atoms with Crippen molar-refractivity contribution in [3.8, 4) is 0 Å². The molecule has 0 aliphatic carbocycles. The van der Waals surface area contributed by atoms with Gasteiger partial charge in [-0.2, -0.15) is 4.31 Å². The van der Waals surface area contributed by atoms with Crippen LogP contribution in [-0.2, 0) is 14.8 Å². The molecular formula is C19H23FN2O3S. The second-order valence-corrected chi connectivity index (χ2v) is 8.24. The van der Waals surface area contributed by atoms with Gasteiger partial charge in [0.25, 0.3) is 0 Å². The molecule has 0 aromatic heterocycles. The highest BCUT2D eigenvalue weighted by Gasteiger charge is 2.23. The number of halogens is 1. The Labute approximate surface area is 153 Å². The lowest BCUT2D eigenvalue weighted by molar-refractivity contribution is -0.116. The molecule has 2 rings (SSSR count). The number of benzene rings is 2. The van der Waals surface area contributed by atoms with Crippen LogP contribution in [0.5, 0.6) is 0 Å². The molecule has 2 aromatic carbocycles. The molecule has 1 N–H and O–H groups in total. The molecule has 2 aromatic rings. The number of carbonyl (C=O) groups excluding carboxylic acids is 1. The predicted octanol–water partition coefficient (Wildman–Crippen LogP) is 3.60. The Morgan fingerprint density at radius 3 is 2.23 bits per heavy atom. The summed E-state index contributed by atoms with van der Waals surface area (Å²) in [5, 5.41) is 2.68. The molecule has 0 aliphatic rings. The third-order valence-electron chi connectivity index (χ3n) is 4.26. The van der Waals surface area contributed by atoms with Crippen molar-refractivity contribution < 1.29 is 17.6 Å². The Morgan fingerprint density at radius 2 is 1.69 bits per heavy atom. The van der Waals surface area contributed by atoms with E-state index in [1.807, 2.05) is 12.1 Å². The summed E-state index contributed by atoms with van der Waals surface area (Å²) in [4.78, 5) is 12.1. The highest BCUT2D eigenvalue weighted by molar-refractivity contribution is 7.89. The van der Waals surface area contributed by atoms with Gasteiger partial charge in [-0.1, -0.05) is 26.0 Å². The Morgan fingerprint density at radius 1 is 1.12 bits per heavy atom. The topological polar surface area (TPSA) is 66.5 Å². The van der Waals surface area contributed by atoms with Gasteiger partial charge in [-0.05, 0) is 54.3 Å². The van der Waals surface area contributed by atoms with Crippen molar-refractivity contribution >= 4 is 21.6 Å². The standard InChI is InChI=1S/C19H23FN2O3S/c1-4-14(2)15-5-9-17(10-6-15)21-19(23)13-22(3)26(24,25)18-11-7-16(20)8-12-18/h5-12,14H,4,13H2,1-3H3,(H,21,23)/t14-/m0/s1. The number of sulfonamides is 1. The van der Waals surface area contributed by atoms with E-state index in [1.54, 1.807) is 12.1 Å². The van der Waals surface area contributed by atoms with E-state index in [0.717, 1.165) is 22.9 Å². The Balaban J connectivity index is 2.01. The van der Waals surface area contributed by atoms with Crippen LogP contribution in [0.3, 0.4) is 0 Å². The molecule has 0 radical (unpaired) electrons. The number of nitrogens with one attached hydrogen (secondary N) is 1. The van der Waals surface area contributed by atoms with Crippen LogP contribution in [-0.4, -0.2) is 32.2 Å². The average Bonchev–Trinajstić information content (AvgIpc) is 2.61. The molecule has 5 nitrogen and oxygen atoms in total. The number of anilines is 1. The molecule has 0 spiro atoms. The maximum Gasteiger partial charge on any atom is 0.243 e. The molecule has 1 amide bonds. The van der Waals surface area contributed by atoms with E-state index in [2.05, 4.69) is 19.2 Å². The highest BCUT2D eigenvalue weighted by Crippen LogP contribution is 2.20. The van der Waals surface area contributed by atoms with E-state index in [4.69, 9.17) is 0 Å². The van der Waals surface area contributed by atoms with Crippen molar-refractivity contribution in [1.82, 2.24) is 4.31 Å². The lowest BCUT2D eigenvalue weighted by Gasteiger charge is -2.17. The van der Waals surface area contributed by atoms with Gasteiger partial charge in [-0.25, -0.2) is 12.8 Å². The molecule has 0 saturated heterocycles. The summed E-state index contributed by atoms with van der Waals surface area (Å²) in [6, 6.07) is 12.0. The van der Waals surface area contributed by atoms with Crippen molar-refractivity contribution in [3.63, 3.8) is 0 Å². The zero-order valence-corrected chi connectivity index (χ0v) is 15.9. The van der Waals surface area contributed by atoms with Crippen LogP contribution < -0.4 is 5.32 Å². The second-order valence-electron chi connectivity index (χ2n) is 6.19. The van der Waals surface area contributed by atoms with Gasteiger partial charge in [-0.15, -0.1) is 0 Å². The molecule has 0 saturated carbocycles. The molecule has 0 unspecified atom stereocenters. The maximum absolute atomic E-state index is 13.0. The summed E-state index contributed by atoms with van der Waals surface area (Å²) in [5.74, 6) is -0.536. The molecule has 7 heteroatoms. The Kier molecular flexibility index (Phi) is 6.50. The van der Waals surface area contributed by atoms with Gasteiger partial charge in [0.15, 0.2) is 0 Å². The van der Waals surface area contributed by atoms with Gasteiger partial charge < -0.3 is 5.32 Å². The summed E-state index contributed by atoms with van der Waals surface area (Å²) in [5.41, 5.74) is 1.79. The summed E-state index contributed by atoms with van der Waals surface area (Å²) in [6.07, 6.45) is 1.03. The quantitative estimate of drug-likeness (QED) is 0.801. The maximum atomic E-state index is 13.0. The number of carbonyl (C=O) groups is 1. The minimum Gasteiger partial charge on any atom is -0.325 e. The lowest BCUT2D eigenvalue weighted by Crippen LogP contribution is -2.34. The molecule has 0 heterocycles. The summed E-state index contributed by atoms with van der Waals surface area (Å²) in [6.45, 7) is 3.90. The Hall–Kier alpha value is -2.25. The fourth-order valence-electron chi connectivity index (χ4n) is 2.40. The third kappa shape index (κ3) is 4.89. The number of nitrogens with zero attached hydrogens (tertiary/aromatic N) is 1. The molecular weight excluding hydrogens is 355 g/mol. The first-order valence-electron chi connectivity index (χ1n) is 8.35. The minimum atomic E-state index is -3.86. The zero-order chi connectivity index (χ0) is 19.3. The number of hydrogen-bond acceptors (Lipinski definition) is 3. The van der Waals surface area contributed by atoms with E-state index >= 15 is 0 Å². The average molecular weight is 378 g/mol. The minimum absolute atomic E-state index is 0.0629. The van der Waals surface area contributed by atoms with E-state index in [9.17, 15) is 17.6 Å². The van der Waals surface area contributed by atoms with Crippen molar-refractivity contribution in [1.29, 1.82) is 0 Å². The monoisotopic (exact) mass is 378 g/mol. The van der Waals surface area contributed by atoms with Crippen molar-refractivity contribution in [3.05, 3.63) is 59.9 Å². The van der Waals surface area contributed by atoms with Gasteiger partial charge in [0.2, 0.25) is 15.9 Å². The number of amides is 1. The molecule has 0 bridgehead atoms. The van der Waals surface area contributed by atoms with Crippen molar-refractivity contribution in [2.24, 2.45) is 0 Å². The molecule has 0 aliphatic heterocycles. The van der Waals surface area contributed by atoms with Crippen LogP contribution in [0.25, 0.3) is 0 Å². The molecule has 0 fully saturated rings. The first-order valence-corrected chi connectivity index (χ1v) is 9.79. The van der Waals surface area contributed by atoms with Crippen LogP contribution in [0, 0.1) is 5.82 Å². The van der Waals surface area contributed by atoms with E-state index in [0.29, 0.717) is 11.6 Å². The molecule has 26 heavy (non-hydrogen) atoms. The normalized spacial score (nSPS) is 12.8. The van der Waals surface area contributed by atoms with E-state index in [1.165, 1.54) is 24.7 Å². The van der Waals surface area contributed by atoms with Crippen LogP contribution in [0.4, 0.5) is 10.1 Å². The SMILES string of the molecule is CC[C@H](C)c1ccc(NC(=O)CN(C)S(=O)(=O)c2ccc(F)cc2)cc1. The van der Waals surface area contributed by atoms with Crippen LogP contribution in [0.1, 0.15) is 31.7 Å². The van der Waals surface area contributed by atoms with Crippen LogP contribution in [0.15, 0.2) is 53.4 Å². The first kappa shape index (κ1) is 20.1. The summed E-state index contributed by atoms with van der Waals surface area (Å²) in [7, 11) is -2.55. The zero-order valence-electron chi connectivity index (χ0n) is 15.1. The van der Waals surface area contributed by atoms with Gasteiger partial charge in [0, 0.05) is 12.7 Å². The summed E-state index contributed by atoms with van der Waals surface area (Å²) < 4.78 is 38.7. The van der Waals surface area contributed by atoms with E-state index < -0.39 is 21.7 Å². The van der Waals surface area contributed by atoms with Gasteiger partial charge >= 0.3 is 0 Å². The first-order chi connectivity index (χ1) is 12.2. The molecule has 140 valence electrons. The third-order valence-corrected chi connectivity index (χ3v) is 6.08. The van der Waals surface area contributed by atoms with Crippen LogP contribution >= 0.6 is 0 Å². The van der Waals surface area contributed by atoms with Crippen molar-refractivity contribution in [2.75, 3.05) is 18.9 Å². The number of likely N-dealkylation sites (N-methyl/N-ethyl adjacent to an activating group) is 1. The fourth-order valence-corrected chi connectivity index (χ4v) is 3.53. The number of hydrogen-bond donors (Lipinski definition) is 1. The second kappa shape index (κ2) is 8.42. The van der Waals surface area contributed by atoms with Gasteiger partial charge in [0.1, 0.15) is 5.82 Å². The lowest BCUT2D eigenvalue weighted by atomic mass is 9.99. The van der Waals surface area contributed by atoms with Gasteiger partial charge in [-0.3, -0.25) is 4.79 Å². The largest absolute Gasteiger partial charge is 0.325 e. The Bertz CT molecular complexity index is 849. The van der Waals surface area contributed by atoms with E-state index in [-0.39, 0.29) is 11.4 Å². The van der Waals surface area contributed by atoms with Crippen molar-refractivity contribution in [2.45, 2.75) is 31.1 Å². The smallest absolute Gasteiger partial charge is 0.243 e. The fraction of sp³-hybridized carbons (Fsp3) is 0.316. The molecule has 1 atom stereocenters. The number of rotatable bonds is 7. The predicted molar refractivity (Wildman–Crippen MR) is 100.0 cm³/mol. The van der Waals surface area contributed by atoms with Crippen LogP contribution in [0.2, 0.25) is 0 Å². The van der Waals surface area contributed by atoms with Gasteiger partial charge in [0.05, 0.1) is 11.4 Å². The summed E-state index contributed by atoms with van der Waals surface area (Å²) >= 11 is 0.